The number of rotatable bonds is 5. The molecule has 6 nitrogen and oxygen atoms in total. The number of carbonyl (C=O) groups excluding carboxylic acids is 2. The number of benzene rings is 2. The fourth-order valence-corrected chi connectivity index (χ4v) is 1.76. The third-order valence-corrected chi connectivity index (χ3v) is 2.93. The average molecular weight is 310 g/mol. The van der Waals surface area contributed by atoms with Crippen LogP contribution in [0, 0.1) is 0 Å². The number of carboxylic acid groups (broad SMARTS) is 1. The maximum absolute atomic E-state index is 11.8. The summed E-state index contributed by atoms with van der Waals surface area (Å²) in [6.07, 6.45) is 0.719. The van der Waals surface area contributed by atoms with Crippen LogP contribution >= 0.6 is 0 Å². The quantitative estimate of drug-likeness (QED) is 0.492. The first-order valence-corrected chi connectivity index (χ1v) is 6.60. The van der Waals surface area contributed by atoms with E-state index in [-0.39, 0.29) is 11.3 Å². The second kappa shape index (κ2) is 7.04. The Morgan fingerprint density at radius 1 is 0.913 bits per heavy atom. The maximum Gasteiger partial charge on any atom is 0.335 e. The fraction of sp³-hybridized carbons (Fsp3) is 0. The Kier molecular flexibility index (Phi) is 4.89. The van der Waals surface area contributed by atoms with E-state index in [9.17, 15) is 19.5 Å². The fourth-order valence-electron chi connectivity index (χ4n) is 1.76. The molecule has 0 aromatic heterocycles. The summed E-state index contributed by atoms with van der Waals surface area (Å²) in [5.41, 5.74) is 0.619. The van der Waals surface area contributed by atoms with E-state index < -0.39 is 23.4 Å². The highest BCUT2D eigenvalue weighted by Crippen LogP contribution is 2.11. The predicted molar refractivity (Wildman–Crippen MR) is 81.5 cm³/mol. The Hall–Kier alpha value is -3.41. The van der Waals surface area contributed by atoms with Crippen molar-refractivity contribution >= 4 is 29.1 Å². The van der Waals surface area contributed by atoms with Crippen molar-refractivity contribution in [2.45, 2.75) is 0 Å². The van der Waals surface area contributed by atoms with Crippen LogP contribution in [0.3, 0.4) is 0 Å². The van der Waals surface area contributed by atoms with Crippen LogP contribution in [0.25, 0.3) is 5.76 Å². The monoisotopic (exact) mass is 310 g/mol. The van der Waals surface area contributed by atoms with Gasteiger partial charge in [0.15, 0.2) is 0 Å². The van der Waals surface area contributed by atoms with Gasteiger partial charge in [0.2, 0.25) is 5.78 Å². The molecule has 0 aliphatic rings. The van der Waals surface area contributed by atoms with E-state index in [1.165, 1.54) is 36.4 Å². The molecule has 6 heteroatoms. The van der Waals surface area contributed by atoms with Gasteiger partial charge in [-0.15, -0.1) is 0 Å². The lowest BCUT2D eigenvalue weighted by Crippen LogP contribution is -2.22. The Labute approximate surface area is 131 Å². The minimum Gasteiger partial charge on any atom is -0.872 e. The Balaban J connectivity index is 2.05. The zero-order valence-corrected chi connectivity index (χ0v) is 11.9. The third kappa shape index (κ3) is 4.28. The molecule has 116 valence electrons. The largest absolute Gasteiger partial charge is 0.872 e. The minimum absolute atomic E-state index is 0.0557. The molecule has 0 saturated heterocycles. The van der Waals surface area contributed by atoms with Gasteiger partial charge in [-0.05, 0) is 35.9 Å². The standard InChI is InChI=1S/C17H13NO5/c19-14(11-4-2-1-3-5-11)10-15(20)16(21)18-13-8-6-12(7-9-13)17(22)23/h1-10,19H,(H,18,21)(H,22,23)/p-1. The zero-order chi connectivity index (χ0) is 16.8. The highest BCUT2D eigenvalue weighted by Gasteiger charge is 2.11. The highest BCUT2D eigenvalue weighted by atomic mass is 16.4. The zero-order valence-electron chi connectivity index (χ0n) is 11.9. The normalized spacial score (nSPS) is 10.9. The molecule has 0 fully saturated rings. The van der Waals surface area contributed by atoms with Gasteiger partial charge in [0.05, 0.1) is 5.56 Å². The maximum atomic E-state index is 11.8. The number of carbonyl (C=O) groups is 3. The van der Waals surface area contributed by atoms with Crippen LogP contribution < -0.4 is 10.4 Å². The molecule has 0 aliphatic heterocycles. The second-order valence-electron chi connectivity index (χ2n) is 4.58. The molecule has 0 unspecified atom stereocenters. The first-order valence-electron chi connectivity index (χ1n) is 6.60. The number of anilines is 1. The summed E-state index contributed by atoms with van der Waals surface area (Å²) in [7, 11) is 0. The van der Waals surface area contributed by atoms with Gasteiger partial charge in [0.25, 0.3) is 5.91 Å². The molecule has 0 heterocycles. The van der Waals surface area contributed by atoms with E-state index in [0.717, 1.165) is 6.08 Å². The highest BCUT2D eigenvalue weighted by molar-refractivity contribution is 6.45. The number of ketones is 1. The molecular weight excluding hydrogens is 298 g/mol. The van der Waals surface area contributed by atoms with Crippen molar-refractivity contribution in [2.24, 2.45) is 0 Å². The van der Waals surface area contributed by atoms with Crippen molar-refractivity contribution in [1.82, 2.24) is 0 Å². The first kappa shape index (κ1) is 16.0. The molecule has 2 aromatic carbocycles. The number of aromatic carboxylic acids is 1. The molecular formula is C17H12NO5-. The average Bonchev–Trinajstić information content (AvgIpc) is 2.56. The topological polar surface area (TPSA) is 107 Å². The number of hydrogen-bond acceptors (Lipinski definition) is 4. The number of nitrogens with one attached hydrogen (secondary N) is 1. The van der Waals surface area contributed by atoms with Crippen molar-refractivity contribution in [3.63, 3.8) is 0 Å². The number of hydrogen-bond donors (Lipinski definition) is 2. The Bertz CT molecular complexity index is 763. The van der Waals surface area contributed by atoms with Gasteiger partial charge < -0.3 is 15.5 Å². The van der Waals surface area contributed by atoms with E-state index in [2.05, 4.69) is 5.32 Å². The van der Waals surface area contributed by atoms with E-state index >= 15 is 0 Å². The smallest absolute Gasteiger partial charge is 0.335 e. The van der Waals surface area contributed by atoms with Gasteiger partial charge in [0, 0.05) is 5.69 Å². The molecule has 1 amide bonds. The summed E-state index contributed by atoms with van der Waals surface area (Å²) < 4.78 is 0. The SMILES string of the molecule is O=C(C=C([O-])c1ccccc1)C(=O)Nc1ccc(C(=O)O)cc1. The molecule has 0 saturated carbocycles. The summed E-state index contributed by atoms with van der Waals surface area (Å²) >= 11 is 0. The van der Waals surface area contributed by atoms with Gasteiger partial charge in [-0.1, -0.05) is 36.1 Å². The molecule has 2 aromatic rings. The van der Waals surface area contributed by atoms with Crippen LogP contribution in [0.5, 0.6) is 0 Å². The third-order valence-electron chi connectivity index (χ3n) is 2.93. The predicted octanol–water partition coefficient (Wildman–Crippen LogP) is 1.29. The van der Waals surface area contributed by atoms with Gasteiger partial charge in [-0.3, -0.25) is 9.59 Å². The van der Waals surface area contributed by atoms with Gasteiger partial charge in [0.1, 0.15) is 0 Å². The van der Waals surface area contributed by atoms with E-state index in [1.54, 1.807) is 18.2 Å². The van der Waals surface area contributed by atoms with Crippen molar-refractivity contribution in [2.75, 3.05) is 5.32 Å². The van der Waals surface area contributed by atoms with Crippen molar-refractivity contribution in [3.8, 4) is 0 Å². The van der Waals surface area contributed by atoms with Gasteiger partial charge >= 0.3 is 5.97 Å². The molecule has 2 rings (SSSR count). The van der Waals surface area contributed by atoms with Gasteiger partial charge in [-0.2, -0.15) is 0 Å². The summed E-state index contributed by atoms with van der Waals surface area (Å²) in [4.78, 5) is 34.2. The molecule has 23 heavy (non-hydrogen) atoms. The van der Waals surface area contributed by atoms with Crippen LogP contribution in [-0.2, 0) is 9.59 Å². The van der Waals surface area contributed by atoms with Crippen LogP contribution in [-0.4, -0.2) is 22.8 Å². The van der Waals surface area contributed by atoms with Crippen molar-refractivity contribution in [3.05, 3.63) is 71.8 Å². The number of carboxylic acids is 1. The van der Waals surface area contributed by atoms with Crippen molar-refractivity contribution < 1.29 is 24.6 Å². The molecule has 0 atom stereocenters. The van der Waals surface area contributed by atoms with Crippen LogP contribution in [0.1, 0.15) is 15.9 Å². The van der Waals surface area contributed by atoms with E-state index in [1.807, 2.05) is 0 Å². The van der Waals surface area contributed by atoms with Crippen LogP contribution in [0.2, 0.25) is 0 Å². The lowest BCUT2D eigenvalue weighted by molar-refractivity contribution is -0.243. The summed E-state index contributed by atoms with van der Waals surface area (Å²) in [6, 6.07) is 13.4. The molecule has 0 aliphatic carbocycles. The van der Waals surface area contributed by atoms with Gasteiger partial charge in [-0.25, -0.2) is 4.79 Å². The molecule has 0 radical (unpaired) electrons. The lowest BCUT2D eigenvalue weighted by atomic mass is 10.1. The molecule has 2 N–H and O–H groups in total. The minimum atomic E-state index is -1.10. The van der Waals surface area contributed by atoms with E-state index in [4.69, 9.17) is 5.11 Å². The second-order valence-corrected chi connectivity index (χ2v) is 4.58. The van der Waals surface area contributed by atoms with E-state index in [0.29, 0.717) is 5.56 Å². The number of amides is 1. The summed E-state index contributed by atoms with van der Waals surface area (Å²) in [6.45, 7) is 0. The Morgan fingerprint density at radius 2 is 1.52 bits per heavy atom. The van der Waals surface area contributed by atoms with Crippen molar-refractivity contribution in [1.29, 1.82) is 0 Å². The Morgan fingerprint density at radius 3 is 2.09 bits per heavy atom. The summed E-state index contributed by atoms with van der Waals surface area (Å²) in [5, 5.41) is 22.9. The van der Waals surface area contributed by atoms with Crippen LogP contribution in [0.15, 0.2) is 60.7 Å². The molecule has 0 bridgehead atoms. The van der Waals surface area contributed by atoms with Crippen LogP contribution in [0.4, 0.5) is 5.69 Å². The lowest BCUT2D eigenvalue weighted by Gasteiger charge is -2.11. The first-order chi connectivity index (χ1) is 11.0. The summed E-state index contributed by atoms with van der Waals surface area (Å²) in [5.74, 6) is -3.62. The molecule has 0 spiro atoms.